The number of hydrogen-bond acceptors (Lipinski definition) is 4. The van der Waals surface area contributed by atoms with Crippen LogP contribution in [0.4, 0.5) is 5.69 Å². The van der Waals surface area contributed by atoms with Crippen molar-refractivity contribution in [3.8, 4) is 0 Å². The standard InChI is InChI=1S/C12H15N5O/c1-7-4-2-3-5-9(7)17-10(18)6-8(13)11(14)12(15)16/h2-6,14H,13H2,1H3,(H3,15,16)(H,17,18)/b8-6+,14-11?. The van der Waals surface area contributed by atoms with Crippen LogP contribution in [0.15, 0.2) is 36.0 Å². The monoisotopic (exact) mass is 245 g/mol. The van der Waals surface area contributed by atoms with Crippen molar-refractivity contribution in [2.45, 2.75) is 6.92 Å². The molecular formula is C12H15N5O. The molecule has 0 fully saturated rings. The number of nitrogens with two attached hydrogens (primary N) is 2. The Labute approximate surface area is 105 Å². The Bertz CT molecular complexity index is 533. The molecule has 0 aromatic heterocycles. The lowest BCUT2D eigenvalue weighted by atomic mass is 10.2. The topological polar surface area (TPSA) is 129 Å². The Kier molecular flexibility index (Phi) is 4.20. The van der Waals surface area contributed by atoms with Crippen LogP contribution in [0.2, 0.25) is 0 Å². The largest absolute Gasteiger partial charge is 0.397 e. The number of anilines is 1. The van der Waals surface area contributed by atoms with Gasteiger partial charge in [0.05, 0.1) is 5.70 Å². The highest BCUT2D eigenvalue weighted by atomic mass is 16.1. The Morgan fingerprint density at radius 1 is 1.28 bits per heavy atom. The Morgan fingerprint density at radius 2 is 1.89 bits per heavy atom. The first-order valence-corrected chi connectivity index (χ1v) is 5.19. The Morgan fingerprint density at radius 3 is 2.44 bits per heavy atom. The third-order valence-electron chi connectivity index (χ3n) is 2.25. The van der Waals surface area contributed by atoms with Crippen molar-refractivity contribution in [3.63, 3.8) is 0 Å². The zero-order valence-electron chi connectivity index (χ0n) is 9.95. The molecule has 1 aromatic carbocycles. The Balaban J connectivity index is 2.79. The zero-order chi connectivity index (χ0) is 13.7. The maximum atomic E-state index is 11.6. The smallest absolute Gasteiger partial charge is 0.250 e. The molecule has 18 heavy (non-hydrogen) atoms. The van der Waals surface area contributed by atoms with E-state index in [9.17, 15) is 4.79 Å². The summed E-state index contributed by atoms with van der Waals surface area (Å²) in [6, 6.07) is 7.28. The summed E-state index contributed by atoms with van der Waals surface area (Å²) < 4.78 is 0. The maximum absolute atomic E-state index is 11.6. The predicted molar refractivity (Wildman–Crippen MR) is 71.7 cm³/mol. The molecule has 6 nitrogen and oxygen atoms in total. The van der Waals surface area contributed by atoms with Gasteiger partial charge < -0.3 is 16.8 Å². The van der Waals surface area contributed by atoms with Gasteiger partial charge in [-0.05, 0) is 18.6 Å². The molecule has 0 bridgehead atoms. The third kappa shape index (κ3) is 3.44. The van der Waals surface area contributed by atoms with E-state index < -0.39 is 11.7 Å². The van der Waals surface area contributed by atoms with Gasteiger partial charge in [-0.25, -0.2) is 0 Å². The fourth-order valence-electron chi connectivity index (χ4n) is 1.25. The maximum Gasteiger partial charge on any atom is 0.250 e. The van der Waals surface area contributed by atoms with Crippen LogP contribution in [0.5, 0.6) is 0 Å². The third-order valence-corrected chi connectivity index (χ3v) is 2.25. The summed E-state index contributed by atoms with van der Waals surface area (Å²) in [6.45, 7) is 1.86. The number of para-hydroxylation sites is 1. The van der Waals surface area contributed by atoms with E-state index in [1.165, 1.54) is 0 Å². The van der Waals surface area contributed by atoms with E-state index >= 15 is 0 Å². The molecule has 0 heterocycles. The van der Waals surface area contributed by atoms with Crippen molar-refractivity contribution >= 4 is 23.1 Å². The number of rotatable bonds is 4. The first-order chi connectivity index (χ1) is 8.41. The molecule has 1 rings (SSSR count). The van der Waals surface area contributed by atoms with E-state index in [4.69, 9.17) is 22.3 Å². The van der Waals surface area contributed by atoms with Crippen molar-refractivity contribution < 1.29 is 4.79 Å². The molecule has 0 aliphatic heterocycles. The van der Waals surface area contributed by atoms with Crippen molar-refractivity contribution in [2.24, 2.45) is 11.5 Å². The summed E-state index contributed by atoms with van der Waals surface area (Å²) in [4.78, 5) is 11.6. The number of hydrogen-bond donors (Lipinski definition) is 5. The number of amidine groups is 1. The molecular weight excluding hydrogens is 230 g/mol. The van der Waals surface area contributed by atoms with Crippen LogP contribution < -0.4 is 16.8 Å². The van der Waals surface area contributed by atoms with E-state index in [1.807, 2.05) is 19.1 Å². The normalized spacial score (nSPS) is 10.8. The van der Waals surface area contributed by atoms with E-state index in [-0.39, 0.29) is 11.4 Å². The molecule has 6 heteroatoms. The molecule has 94 valence electrons. The summed E-state index contributed by atoms with van der Waals surface area (Å²) in [6.07, 6.45) is 1.04. The van der Waals surface area contributed by atoms with Crippen LogP contribution >= 0.6 is 0 Å². The number of carbonyl (C=O) groups is 1. The van der Waals surface area contributed by atoms with Crippen LogP contribution in [0.25, 0.3) is 0 Å². The summed E-state index contributed by atoms with van der Waals surface area (Å²) in [5.74, 6) is -0.944. The molecule has 0 aliphatic carbocycles. The van der Waals surface area contributed by atoms with Gasteiger partial charge in [-0.1, -0.05) is 18.2 Å². The molecule has 1 aromatic rings. The van der Waals surface area contributed by atoms with Gasteiger partial charge in [0, 0.05) is 11.8 Å². The molecule has 7 N–H and O–H groups in total. The molecule has 0 atom stereocenters. The van der Waals surface area contributed by atoms with Gasteiger partial charge in [0.15, 0.2) is 0 Å². The molecule has 0 radical (unpaired) electrons. The average molecular weight is 245 g/mol. The van der Waals surface area contributed by atoms with E-state index in [0.29, 0.717) is 5.69 Å². The number of carbonyl (C=O) groups excluding carboxylic acids is 1. The number of benzene rings is 1. The van der Waals surface area contributed by atoms with Crippen molar-refractivity contribution in [1.29, 1.82) is 10.8 Å². The van der Waals surface area contributed by atoms with Crippen molar-refractivity contribution in [2.75, 3.05) is 5.32 Å². The summed E-state index contributed by atoms with van der Waals surface area (Å²) in [7, 11) is 0. The number of amides is 1. The average Bonchev–Trinajstić information content (AvgIpc) is 2.30. The van der Waals surface area contributed by atoms with Gasteiger partial charge in [-0.15, -0.1) is 0 Å². The number of nitrogens with one attached hydrogen (secondary N) is 3. The first kappa shape index (κ1) is 13.4. The second kappa shape index (κ2) is 5.62. The lowest BCUT2D eigenvalue weighted by Crippen LogP contribution is -2.28. The van der Waals surface area contributed by atoms with Crippen LogP contribution in [-0.2, 0) is 4.79 Å². The highest BCUT2D eigenvalue weighted by Crippen LogP contribution is 2.12. The fourth-order valence-corrected chi connectivity index (χ4v) is 1.25. The van der Waals surface area contributed by atoms with Gasteiger partial charge in [0.2, 0.25) is 0 Å². The molecule has 1 amide bonds. The minimum atomic E-state index is -0.479. The molecule has 0 unspecified atom stereocenters. The van der Waals surface area contributed by atoms with Crippen LogP contribution in [0, 0.1) is 17.7 Å². The quantitative estimate of drug-likeness (QED) is 0.304. The summed E-state index contributed by atoms with van der Waals surface area (Å²) in [5, 5.41) is 17.0. The van der Waals surface area contributed by atoms with Crippen molar-refractivity contribution in [1.82, 2.24) is 0 Å². The van der Waals surface area contributed by atoms with Gasteiger partial charge in [-0.2, -0.15) is 0 Å². The molecule has 0 saturated carbocycles. The van der Waals surface area contributed by atoms with E-state index in [2.05, 4.69) is 5.32 Å². The van der Waals surface area contributed by atoms with Gasteiger partial charge in [0.25, 0.3) is 5.91 Å². The van der Waals surface area contributed by atoms with Gasteiger partial charge in [-0.3, -0.25) is 15.6 Å². The lowest BCUT2D eigenvalue weighted by molar-refractivity contribution is -0.111. The second-order valence-corrected chi connectivity index (χ2v) is 3.69. The minimum absolute atomic E-state index is 0.145. The predicted octanol–water partition coefficient (Wildman–Crippen LogP) is 0.732. The number of aryl methyl sites for hydroxylation is 1. The molecule has 0 saturated heterocycles. The van der Waals surface area contributed by atoms with Crippen LogP contribution in [0.3, 0.4) is 0 Å². The zero-order valence-corrected chi connectivity index (χ0v) is 9.95. The lowest BCUT2D eigenvalue weighted by Gasteiger charge is -2.06. The molecule has 0 aliphatic rings. The van der Waals surface area contributed by atoms with E-state index in [1.54, 1.807) is 12.1 Å². The van der Waals surface area contributed by atoms with Crippen LogP contribution in [0.1, 0.15) is 5.56 Å². The second-order valence-electron chi connectivity index (χ2n) is 3.69. The summed E-state index contributed by atoms with van der Waals surface area (Å²) >= 11 is 0. The van der Waals surface area contributed by atoms with Gasteiger partial charge in [0.1, 0.15) is 11.5 Å². The minimum Gasteiger partial charge on any atom is -0.397 e. The highest BCUT2D eigenvalue weighted by molar-refractivity contribution is 6.44. The molecule has 0 spiro atoms. The Hall–Kier alpha value is -2.63. The van der Waals surface area contributed by atoms with Gasteiger partial charge >= 0.3 is 0 Å². The summed E-state index contributed by atoms with van der Waals surface area (Å²) in [5.41, 5.74) is 11.6. The SMILES string of the molecule is Cc1ccccc1NC(=O)/C=C(/N)C(=N)C(=N)N. The first-order valence-electron chi connectivity index (χ1n) is 5.19. The fraction of sp³-hybridized carbons (Fsp3) is 0.0833. The van der Waals surface area contributed by atoms with Crippen molar-refractivity contribution in [3.05, 3.63) is 41.6 Å². The van der Waals surface area contributed by atoms with E-state index in [0.717, 1.165) is 11.6 Å². The highest BCUT2D eigenvalue weighted by Gasteiger charge is 2.07. The van der Waals surface area contributed by atoms with Crippen LogP contribution in [-0.4, -0.2) is 17.5 Å².